The van der Waals surface area contributed by atoms with Crippen LogP contribution in [0.15, 0.2) is 82.1 Å². The Morgan fingerprint density at radius 1 is 0.933 bits per heavy atom. The molecule has 3 aromatic carbocycles. The molecule has 0 saturated heterocycles. The number of alkyl halides is 3. The third kappa shape index (κ3) is 5.24. The normalized spacial score (nSPS) is 12.6. The van der Waals surface area contributed by atoms with Crippen molar-refractivity contribution in [2.45, 2.75) is 18.0 Å². The van der Waals surface area contributed by atoms with Gasteiger partial charge in [-0.3, -0.25) is 0 Å². The van der Waals surface area contributed by atoms with Crippen molar-refractivity contribution in [3.05, 3.63) is 95.3 Å². The van der Waals surface area contributed by atoms with Gasteiger partial charge < -0.3 is 5.32 Å². The van der Waals surface area contributed by atoms with Crippen molar-refractivity contribution >= 4 is 21.5 Å². The van der Waals surface area contributed by atoms with Crippen LogP contribution in [0.1, 0.15) is 16.7 Å². The maximum absolute atomic E-state index is 13.3. The predicted molar refractivity (Wildman–Crippen MR) is 106 cm³/mol. The van der Waals surface area contributed by atoms with E-state index < -0.39 is 27.6 Å². The summed E-state index contributed by atoms with van der Waals surface area (Å²) in [5, 5.41) is 2.61. The van der Waals surface area contributed by atoms with Gasteiger partial charge in [0.15, 0.2) is 5.84 Å². The van der Waals surface area contributed by atoms with Crippen LogP contribution in [0.4, 0.5) is 23.2 Å². The molecule has 0 spiro atoms. The van der Waals surface area contributed by atoms with Gasteiger partial charge in [-0.15, -0.1) is 4.40 Å². The summed E-state index contributed by atoms with van der Waals surface area (Å²) in [6, 6.07) is 14.9. The molecule has 0 radical (unpaired) electrons. The van der Waals surface area contributed by atoms with E-state index in [1.165, 1.54) is 36.4 Å². The van der Waals surface area contributed by atoms with Crippen molar-refractivity contribution in [2.24, 2.45) is 4.40 Å². The number of rotatable bonds is 4. The van der Waals surface area contributed by atoms with Crippen LogP contribution in [0, 0.1) is 12.7 Å². The summed E-state index contributed by atoms with van der Waals surface area (Å²) in [6.45, 7) is 1.79. The largest absolute Gasteiger partial charge is 0.416 e. The monoisotopic (exact) mass is 436 g/mol. The molecule has 1 N–H and O–H groups in total. The van der Waals surface area contributed by atoms with Crippen LogP contribution in [0.25, 0.3) is 0 Å². The topological polar surface area (TPSA) is 58.5 Å². The molecule has 0 amide bonds. The molecule has 156 valence electrons. The first-order valence-electron chi connectivity index (χ1n) is 8.66. The number of halogens is 4. The molecule has 0 aliphatic heterocycles. The molecular weight excluding hydrogens is 420 g/mol. The van der Waals surface area contributed by atoms with Crippen LogP contribution in [-0.2, 0) is 16.2 Å². The van der Waals surface area contributed by atoms with Gasteiger partial charge in [0.25, 0.3) is 10.0 Å². The van der Waals surface area contributed by atoms with E-state index in [4.69, 9.17) is 0 Å². The third-order valence-corrected chi connectivity index (χ3v) is 5.39. The number of nitrogens with one attached hydrogen (secondary N) is 1. The SMILES string of the molecule is Cc1ccc(S(=O)(=O)N=C(Nc2cccc(C(F)(F)F)c2)c2ccc(F)cc2)cc1. The Morgan fingerprint density at radius 2 is 1.57 bits per heavy atom. The first kappa shape index (κ1) is 21.5. The highest BCUT2D eigenvalue weighted by Crippen LogP contribution is 2.31. The summed E-state index contributed by atoms with van der Waals surface area (Å²) in [7, 11) is -4.18. The number of amidine groups is 1. The van der Waals surface area contributed by atoms with Crippen LogP contribution in [0.5, 0.6) is 0 Å². The summed E-state index contributed by atoms with van der Waals surface area (Å²) in [6.07, 6.45) is -4.57. The molecule has 3 rings (SSSR count). The van der Waals surface area contributed by atoms with Crippen LogP contribution >= 0.6 is 0 Å². The Labute approximate surface area is 171 Å². The smallest absolute Gasteiger partial charge is 0.339 e. The second kappa shape index (κ2) is 8.27. The minimum Gasteiger partial charge on any atom is -0.339 e. The van der Waals surface area contributed by atoms with Crippen molar-refractivity contribution in [1.29, 1.82) is 0 Å². The number of hydrogen-bond donors (Lipinski definition) is 1. The molecule has 30 heavy (non-hydrogen) atoms. The molecule has 0 bridgehead atoms. The van der Waals surface area contributed by atoms with Gasteiger partial charge in [-0.25, -0.2) is 4.39 Å². The Morgan fingerprint density at radius 3 is 2.17 bits per heavy atom. The molecule has 0 unspecified atom stereocenters. The molecule has 0 aromatic heterocycles. The highest BCUT2D eigenvalue weighted by atomic mass is 32.2. The minimum atomic E-state index is -4.57. The zero-order valence-electron chi connectivity index (χ0n) is 15.6. The minimum absolute atomic E-state index is 0.0213. The fourth-order valence-electron chi connectivity index (χ4n) is 2.55. The van der Waals surface area contributed by atoms with Crippen molar-refractivity contribution in [3.63, 3.8) is 0 Å². The number of benzene rings is 3. The average Bonchev–Trinajstić information content (AvgIpc) is 2.68. The number of nitrogens with zero attached hydrogens (tertiary/aromatic N) is 1. The lowest BCUT2D eigenvalue weighted by Gasteiger charge is -2.13. The highest BCUT2D eigenvalue weighted by molar-refractivity contribution is 7.90. The van der Waals surface area contributed by atoms with Gasteiger partial charge in [-0.2, -0.15) is 21.6 Å². The standard InChI is InChI=1S/C21H16F4N2O2S/c1-14-5-11-19(12-6-14)30(28,29)27-20(15-7-9-17(22)10-8-15)26-18-4-2-3-16(13-18)21(23,24)25/h2-13H,1H3,(H,26,27). The molecule has 9 heteroatoms. The van der Waals surface area contributed by atoms with E-state index in [1.54, 1.807) is 19.1 Å². The third-order valence-electron chi connectivity index (χ3n) is 4.10. The first-order chi connectivity index (χ1) is 14.0. The number of hydrogen-bond acceptors (Lipinski definition) is 2. The second-order valence-electron chi connectivity index (χ2n) is 6.44. The molecule has 0 fully saturated rings. The zero-order chi connectivity index (χ0) is 21.9. The molecule has 0 atom stereocenters. The Balaban J connectivity index is 2.06. The quantitative estimate of drug-likeness (QED) is 0.338. The van der Waals surface area contributed by atoms with Gasteiger partial charge in [0, 0.05) is 11.3 Å². The molecule has 0 aliphatic carbocycles. The molecule has 0 saturated carbocycles. The van der Waals surface area contributed by atoms with E-state index in [2.05, 4.69) is 9.71 Å². The maximum Gasteiger partial charge on any atom is 0.416 e. The number of anilines is 1. The Kier molecular flexibility index (Phi) is 5.93. The average molecular weight is 436 g/mol. The summed E-state index contributed by atoms with van der Waals surface area (Å²) in [4.78, 5) is -0.0847. The van der Waals surface area contributed by atoms with E-state index in [0.717, 1.165) is 29.8 Å². The molecule has 4 nitrogen and oxygen atoms in total. The maximum atomic E-state index is 13.3. The lowest BCUT2D eigenvalue weighted by atomic mass is 10.1. The first-order valence-corrected chi connectivity index (χ1v) is 10.1. The van der Waals surface area contributed by atoms with E-state index in [-0.39, 0.29) is 22.0 Å². The Bertz CT molecular complexity index is 1170. The lowest BCUT2D eigenvalue weighted by molar-refractivity contribution is -0.137. The fraction of sp³-hybridized carbons (Fsp3) is 0.0952. The lowest BCUT2D eigenvalue weighted by Crippen LogP contribution is -2.17. The van der Waals surface area contributed by atoms with Gasteiger partial charge in [0.2, 0.25) is 0 Å². The molecule has 3 aromatic rings. The van der Waals surface area contributed by atoms with E-state index >= 15 is 0 Å². The zero-order valence-corrected chi connectivity index (χ0v) is 16.4. The van der Waals surface area contributed by atoms with Crippen molar-refractivity contribution in [3.8, 4) is 0 Å². The number of sulfonamides is 1. The summed E-state index contributed by atoms with van der Waals surface area (Å²) in [5.74, 6) is -0.798. The van der Waals surface area contributed by atoms with Gasteiger partial charge in [0.05, 0.1) is 10.5 Å². The van der Waals surface area contributed by atoms with Gasteiger partial charge in [0.1, 0.15) is 5.82 Å². The van der Waals surface area contributed by atoms with Crippen molar-refractivity contribution in [1.82, 2.24) is 0 Å². The molecule has 0 heterocycles. The van der Waals surface area contributed by atoms with Gasteiger partial charge in [-0.1, -0.05) is 23.8 Å². The van der Waals surface area contributed by atoms with Crippen LogP contribution in [0.2, 0.25) is 0 Å². The Hall–Kier alpha value is -3.20. The second-order valence-corrected chi connectivity index (χ2v) is 8.04. The van der Waals surface area contributed by atoms with Crippen LogP contribution in [-0.4, -0.2) is 14.3 Å². The van der Waals surface area contributed by atoms with E-state index in [1.807, 2.05) is 0 Å². The van der Waals surface area contributed by atoms with Crippen LogP contribution in [0.3, 0.4) is 0 Å². The van der Waals surface area contributed by atoms with E-state index in [9.17, 15) is 26.0 Å². The fourth-order valence-corrected chi connectivity index (χ4v) is 3.53. The summed E-state index contributed by atoms with van der Waals surface area (Å²) in [5.41, 5.74) is 0.0997. The molecule has 0 aliphatic rings. The summed E-state index contributed by atoms with van der Waals surface area (Å²) < 4.78 is 81.5. The van der Waals surface area contributed by atoms with Crippen molar-refractivity contribution < 1.29 is 26.0 Å². The molecular formula is C21H16F4N2O2S. The van der Waals surface area contributed by atoms with Gasteiger partial charge >= 0.3 is 6.18 Å². The van der Waals surface area contributed by atoms with E-state index in [0.29, 0.717) is 0 Å². The van der Waals surface area contributed by atoms with Gasteiger partial charge in [-0.05, 0) is 61.5 Å². The highest BCUT2D eigenvalue weighted by Gasteiger charge is 2.30. The summed E-state index contributed by atoms with van der Waals surface area (Å²) >= 11 is 0. The predicted octanol–water partition coefficient (Wildman–Crippen LogP) is 5.40. The van der Waals surface area contributed by atoms with Crippen molar-refractivity contribution in [2.75, 3.05) is 5.32 Å². The van der Waals surface area contributed by atoms with Crippen LogP contribution < -0.4 is 5.32 Å². The number of aryl methyl sites for hydroxylation is 1.